The van der Waals surface area contributed by atoms with Crippen molar-refractivity contribution in [2.45, 2.75) is 19.5 Å². The van der Waals surface area contributed by atoms with E-state index in [0.717, 1.165) is 23.1 Å². The van der Waals surface area contributed by atoms with Gasteiger partial charge in [0.2, 0.25) is 0 Å². The highest BCUT2D eigenvalue weighted by Crippen LogP contribution is 2.30. The van der Waals surface area contributed by atoms with Crippen molar-refractivity contribution in [2.24, 2.45) is 0 Å². The standard InChI is InChI=1S/C17H18ClNO2/c1-12(14-3-5-15(18)6-4-14)19-11-13-2-7-16-17(10-13)21-9-8-20-16/h2-7,10,12,19H,8-9,11H2,1H3/t12-/m0/s1. The number of ether oxygens (including phenoxy) is 2. The zero-order valence-electron chi connectivity index (χ0n) is 11.9. The van der Waals surface area contributed by atoms with Gasteiger partial charge in [0.05, 0.1) is 0 Å². The minimum absolute atomic E-state index is 0.260. The van der Waals surface area contributed by atoms with Crippen molar-refractivity contribution in [1.29, 1.82) is 0 Å². The summed E-state index contributed by atoms with van der Waals surface area (Å²) in [5.41, 5.74) is 2.40. The van der Waals surface area contributed by atoms with Gasteiger partial charge in [-0.25, -0.2) is 0 Å². The number of hydrogen-bond acceptors (Lipinski definition) is 3. The molecule has 2 aromatic rings. The number of nitrogens with one attached hydrogen (secondary N) is 1. The molecule has 0 amide bonds. The molecule has 0 bridgehead atoms. The molecule has 0 spiro atoms. The van der Waals surface area contributed by atoms with Crippen LogP contribution < -0.4 is 14.8 Å². The van der Waals surface area contributed by atoms with Crippen LogP contribution in [0.4, 0.5) is 0 Å². The first-order valence-corrected chi connectivity index (χ1v) is 7.47. The van der Waals surface area contributed by atoms with Gasteiger partial charge in [0.15, 0.2) is 11.5 Å². The summed E-state index contributed by atoms with van der Waals surface area (Å²) >= 11 is 5.91. The van der Waals surface area contributed by atoms with Gasteiger partial charge in [-0.1, -0.05) is 29.8 Å². The third kappa shape index (κ3) is 3.49. The fourth-order valence-electron chi connectivity index (χ4n) is 2.34. The first-order chi connectivity index (χ1) is 10.2. The van der Waals surface area contributed by atoms with Crippen LogP contribution >= 0.6 is 11.6 Å². The maximum atomic E-state index is 5.91. The van der Waals surface area contributed by atoms with Crippen LogP contribution in [0.15, 0.2) is 42.5 Å². The van der Waals surface area contributed by atoms with Crippen molar-refractivity contribution in [3.05, 3.63) is 58.6 Å². The Kier molecular flexibility index (Phi) is 4.32. The van der Waals surface area contributed by atoms with E-state index in [1.807, 2.05) is 36.4 Å². The second kappa shape index (κ2) is 6.37. The molecule has 1 atom stereocenters. The summed E-state index contributed by atoms with van der Waals surface area (Å²) in [4.78, 5) is 0. The van der Waals surface area contributed by atoms with Gasteiger partial charge in [0.25, 0.3) is 0 Å². The molecular weight excluding hydrogens is 286 g/mol. The maximum Gasteiger partial charge on any atom is 0.161 e. The van der Waals surface area contributed by atoms with E-state index in [0.29, 0.717) is 13.2 Å². The van der Waals surface area contributed by atoms with E-state index in [-0.39, 0.29) is 6.04 Å². The summed E-state index contributed by atoms with van der Waals surface area (Å²) in [6.45, 7) is 4.16. The van der Waals surface area contributed by atoms with Crippen LogP contribution in [0, 0.1) is 0 Å². The first-order valence-electron chi connectivity index (χ1n) is 7.10. The fourth-order valence-corrected chi connectivity index (χ4v) is 2.46. The van der Waals surface area contributed by atoms with Crippen LogP contribution in [0.2, 0.25) is 5.02 Å². The minimum Gasteiger partial charge on any atom is -0.486 e. The monoisotopic (exact) mass is 303 g/mol. The number of fused-ring (bicyclic) bond motifs is 1. The van der Waals surface area contributed by atoms with Gasteiger partial charge >= 0.3 is 0 Å². The Hall–Kier alpha value is -1.71. The van der Waals surface area contributed by atoms with E-state index in [1.54, 1.807) is 0 Å². The molecule has 0 saturated carbocycles. The van der Waals surface area contributed by atoms with Gasteiger partial charge in [-0.2, -0.15) is 0 Å². The molecule has 2 aromatic carbocycles. The van der Waals surface area contributed by atoms with Crippen LogP contribution in [-0.2, 0) is 6.54 Å². The zero-order valence-corrected chi connectivity index (χ0v) is 12.7. The third-order valence-corrected chi connectivity index (χ3v) is 3.84. The second-order valence-corrected chi connectivity index (χ2v) is 5.57. The highest BCUT2D eigenvalue weighted by atomic mass is 35.5. The number of hydrogen-bond donors (Lipinski definition) is 1. The average molecular weight is 304 g/mol. The Morgan fingerprint density at radius 2 is 1.76 bits per heavy atom. The normalized spacial score (nSPS) is 14.8. The van der Waals surface area contributed by atoms with Crippen molar-refractivity contribution >= 4 is 11.6 Å². The van der Waals surface area contributed by atoms with Gasteiger partial charge in [-0.15, -0.1) is 0 Å². The topological polar surface area (TPSA) is 30.5 Å². The average Bonchev–Trinajstić information content (AvgIpc) is 2.53. The molecule has 0 radical (unpaired) electrons. The quantitative estimate of drug-likeness (QED) is 0.927. The molecule has 0 fully saturated rings. The third-order valence-electron chi connectivity index (χ3n) is 3.59. The Balaban J connectivity index is 1.63. The fraction of sp³-hybridized carbons (Fsp3) is 0.294. The minimum atomic E-state index is 0.260. The Labute approximate surface area is 129 Å². The van der Waals surface area contributed by atoms with E-state index >= 15 is 0 Å². The smallest absolute Gasteiger partial charge is 0.161 e. The molecular formula is C17H18ClNO2. The largest absolute Gasteiger partial charge is 0.486 e. The lowest BCUT2D eigenvalue weighted by atomic mass is 10.1. The molecule has 0 saturated heterocycles. The molecule has 1 aliphatic rings. The first kappa shape index (κ1) is 14.2. The van der Waals surface area contributed by atoms with Crippen LogP contribution in [0.5, 0.6) is 11.5 Å². The van der Waals surface area contributed by atoms with Crippen LogP contribution in [-0.4, -0.2) is 13.2 Å². The van der Waals surface area contributed by atoms with E-state index in [9.17, 15) is 0 Å². The lowest BCUT2D eigenvalue weighted by Gasteiger charge is -2.20. The van der Waals surface area contributed by atoms with Crippen LogP contribution in [0.25, 0.3) is 0 Å². The van der Waals surface area contributed by atoms with Gasteiger partial charge in [-0.05, 0) is 42.3 Å². The molecule has 3 rings (SSSR count). The predicted molar refractivity (Wildman–Crippen MR) is 84.1 cm³/mol. The van der Waals surface area contributed by atoms with E-state index in [1.165, 1.54) is 11.1 Å². The molecule has 0 aliphatic carbocycles. The van der Waals surface area contributed by atoms with E-state index in [2.05, 4.69) is 18.3 Å². The zero-order chi connectivity index (χ0) is 14.7. The molecule has 1 N–H and O–H groups in total. The molecule has 110 valence electrons. The van der Waals surface area contributed by atoms with Gasteiger partial charge in [0.1, 0.15) is 13.2 Å². The molecule has 1 heterocycles. The SMILES string of the molecule is C[C@H](NCc1ccc2c(c1)OCCO2)c1ccc(Cl)cc1. The van der Waals surface area contributed by atoms with Crippen molar-refractivity contribution < 1.29 is 9.47 Å². The van der Waals surface area contributed by atoms with Gasteiger partial charge in [-0.3, -0.25) is 0 Å². The summed E-state index contributed by atoms with van der Waals surface area (Å²) in [7, 11) is 0. The Morgan fingerprint density at radius 3 is 2.52 bits per heavy atom. The van der Waals surface area contributed by atoms with Crippen LogP contribution in [0.1, 0.15) is 24.1 Å². The van der Waals surface area contributed by atoms with E-state index in [4.69, 9.17) is 21.1 Å². The lowest BCUT2D eigenvalue weighted by Crippen LogP contribution is -2.19. The molecule has 21 heavy (non-hydrogen) atoms. The highest BCUT2D eigenvalue weighted by Gasteiger charge is 2.12. The van der Waals surface area contributed by atoms with Gasteiger partial charge in [0, 0.05) is 17.6 Å². The molecule has 3 nitrogen and oxygen atoms in total. The van der Waals surface area contributed by atoms with Crippen molar-refractivity contribution in [3.8, 4) is 11.5 Å². The molecule has 0 unspecified atom stereocenters. The number of benzene rings is 2. The molecule has 1 aliphatic heterocycles. The summed E-state index contributed by atoms with van der Waals surface area (Å²) in [6, 6.07) is 14.3. The van der Waals surface area contributed by atoms with Crippen molar-refractivity contribution in [3.63, 3.8) is 0 Å². The molecule has 0 aromatic heterocycles. The summed E-state index contributed by atoms with van der Waals surface area (Å²) < 4.78 is 11.1. The Bertz CT molecular complexity index is 613. The second-order valence-electron chi connectivity index (χ2n) is 5.13. The summed E-state index contributed by atoms with van der Waals surface area (Å²) in [5.74, 6) is 1.66. The highest BCUT2D eigenvalue weighted by molar-refractivity contribution is 6.30. The maximum absolute atomic E-state index is 5.91. The lowest BCUT2D eigenvalue weighted by molar-refractivity contribution is 0.171. The molecule has 4 heteroatoms. The van der Waals surface area contributed by atoms with E-state index < -0.39 is 0 Å². The number of rotatable bonds is 4. The Morgan fingerprint density at radius 1 is 1.05 bits per heavy atom. The van der Waals surface area contributed by atoms with Crippen LogP contribution in [0.3, 0.4) is 0 Å². The van der Waals surface area contributed by atoms with Crippen molar-refractivity contribution in [1.82, 2.24) is 5.32 Å². The predicted octanol–water partition coefficient (Wildman–Crippen LogP) is 3.96. The summed E-state index contributed by atoms with van der Waals surface area (Å²) in [5, 5.41) is 4.26. The van der Waals surface area contributed by atoms with Gasteiger partial charge < -0.3 is 14.8 Å². The van der Waals surface area contributed by atoms with Crippen molar-refractivity contribution in [2.75, 3.05) is 13.2 Å². The number of halogens is 1. The summed E-state index contributed by atoms with van der Waals surface area (Å²) in [6.07, 6.45) is 0.